The molecule has 0 heterocycles. The van der Waals surface area contributed by atoms with Crippen molar-refractivity contribution < 1.29 is 24.3 Å². The lowest BCUT2D eigenvalue weighted by Gasteiger charge is -2.22. The highest BCUT2D eigenvalue weighted by Crippen LogP contribution is 2.08. The van der Waals surface area contributed by atoms with Gasteiger partial charge in [0.1, 0.15) is 12.1 Å². The Kier molecular flexibility index (Phi) is 12.7. The van der Waals surface area contributed by atoms with E-state index in [1.807, 2.05) is 37.3 Å². The molecule has 1 aromatic rings. The van der Waals surface area contributed by atoms with E-state index >= 15 is 0 Å². The fraction of sp³-hybridized carbons (Fsp3) is 0.565. The summed E-state index contributed by atoms with van der Waals surface area (Å²) in [7, 11) is 0. The minimum Gasteiger partial charge on any atom is -0.480 e. The number of carboxylic acid groups (broad SMARTS) is 1. The Morgan fingerprint density at radius 3 is 2.27 bits per heavy atom. The summed E-state index contributed by atoms with van der Waals surface area (Å²) in [6.45, 7) is 3.64. The second-order valence-corrected chi connectivity index (χ2v) is 8.13. The predicted molar refractivity (Wildman–Crippen MR) is 125 cm³/mol. The minimum absolute atomic E-state index is 0.209. The van der Waals surface area contributed by atoms with Gasteiger partial charge in [-0.15, -0.1) is 0 Å². The third kappa shape index (κ3) is 10.5. The van der Waals surface area contributed by atoms with Gasteiger partial charge in [0, 0.05) is 6.42 Å². The summed E-state index contributed by atoms with van der Waals surface area (Å²) in [5, 5.41) is 16.9. The maximum Gasteiger partial charge on any atom is 0.326 e. The molecule has 0 saturated heterocycles. The number of amides is 3. The standard InChI is InChI=1S/C23H37N5O5/c1-3-15(2)20(23(32)33)28-19(29)14-26-22(31)18(13-16-9-5-4-6-10-16)27-21(30)17(25)11-7-8-12-24/h4-6,9-10,15,17-18,20H,3,7-8,11-14,24-25H2,1-2H3,(H,26,31)(H,27,30)(H,28,29)(H,32,33). The number of hydrogen-bond acceptors (Lipinski definition) is 6. The summed E-state index contributed by atoms with van der Waals surface area (Å²) in [4.78, 5) is 48.9. The van der Waals surface area contributed by atoms with Crippen molar-refractivity contribution >= 4 is 23.7 Å². The molecule has 0 saturated carbocycles. The van der Waals surface area contributed by atoms with E-state index in [4.69, 9.17) is 11.5 Å². The summed E-state index contributed by atoms with van der Waals surface area (Å²) < 4.78 is 0. The third-order valence-electron chi connectivity index (χ3n) is 5.44. The normalized spacial score (nSPS) is 14.4. The van der Waals surface area contributed by atoms with Gasteiger partial charge in [0.05, 0.1) is 12.6 Å². The zero-order valence-electron chi connectivity index (χ0n) is 19.4. The first-order chi connectivity index (χ1) is 15.7. The molecule has 0 aromatic heterocycles. The van der Waals surface area contributed by atoms with Gasteiger partial charge in [0.25, 0.3) is 0 Å². The number of benzene rings is 1. The molecule has 0 aliphatic heterocycles. The van der Waals surface area contributed by atoms with Crippen LogP contribution in [-0.4, -0.2) is 60.0 Å². The maximum absolute atomic E-state index is 12.8. The van der Waals surface area contributed by atoms with Crippen LogP contribution in [0.3, 0.4) is 0 Å². The Hall–Kier alpha value is -2.98. The van der Waals surface area contributed by atoms with Crippen LogP contribution < -0.4 is 27.4 Å². The van der Waals surface area contributed by atoms with Gasteiger partial charge in [-0.1, -0.05) is 57.0 Å². The van der Waals surface area contributed by atoms with Crippen LogP contribution in [-0.2, 0) is 25.6 Å². The van der Waals surface area contributed by atoms with E-state index in [-0.39, 0.29) is 12.3 Å². The number of rotatable bonds is 15. The number of carbonyl (C=O) groups is 4. The van der Waals surface area contributed by atoms with Crippen molar-refractivity contribution in [3.63, 3.8) is 0 Å². The monoisotopic (exact) mass is 463 g/mol. The molecule has 10 heteroatoms. The Labute approximate surface area is 194 Å². The molecule has 0 bridgehead atoms. The second-order valence-electron chi connectivity index (χ2n) is 8.13. The van der Waals surface area contributed by atoms with E-state index in [1.165, 1.54) is 0 Å². The van der Waals surface area contributed by atoms with Crippen LogP contribution in [0.15, 0.2) is 30.3 Å². The molecule has 184 valence electrons. The molecular formula is C23H37N5O5. The quantitative estimate of drug-likeness (QED) is 0.197. The molecule has 4 atom stereocenters. The summed E-state index contributed by atoms with van der Waals surface area (Å²) in [6.07, 6.45) is 2.66. The number of nitrogens with one attached hydrogen (secondary N) is 3. The first-order valence-corrected chi connectivity index (χ1v) is 11.3. The average Bonchev–Trinajstić information content (AvgIpc) is 2.80. The zero-order valence-corrected chi connectivity index (χ0v) is 19.4. The molecule has 0 aliphatic rings. The van der Waals surface area contributed by atoms with E-state index in [2.05, 4.69) is 16.0 Å². The Bertz CT molecular complexity index is 774. The number of nitrogens with two attached hydrogens (primary N) is 2. The Balaban J connectivity index is 2.77. The fourth-order valence-corrected chi connectivity index (χ4v) is 3.18. The van der Waals surface area contributed by atoms with E-state index in [0.717, 1.165) is 12.0 Å². The van der Waals surface area contributed by atoms with Crippen molar-refractivity contribution in [3.05, 3.63) is 35.9 Å². The van der Waals surface area contributed by atoms with Gasteiger partial charge in [0.2, 0.25) is 17.7 Å². The molecule has 0 radical (unpaired) electrons. The van der Waals surface area contributed by atoms with Crippen LogP contribution in [0.2, 0.25) is 0 Å². The lowest BCUT2D eigenvalue weighted by molar-refractivity contribution is -0.143. The molecule has 1 aromatic carbocycles. The van der Waals surface area contributed by atoms with E-state index < -0.39 is 48.4 Å². The van der Waals surface area contributed by atoms with Gasteiger partial charge in [0.15, 0.2) is 0 Å². The van der Waals surface area contributed by atoms with Gasteiger partial charge in [-0.05, 0) is 30.9 Å². The molecule has 33 heavy (non-hydrogen) atoms. The van der Waals surface area contributed by atoms with Crippen molar-refractivity contribution in [1.29, 1.82) is 0 Å². The van der Waals surface area contributed by atoms with Gasteiger partial charge in [-0.25, -0.2) is 4.79 Å². The molecule has 4 unspecified atom stereocenters. The minimum atomic E-state index is -1.14. The average molecular weight is 464 g/mol. The highest BCUT2D eigenvalue weighted by atomic mass is 16.4. The number of aliphatic carboxylic acids is 1. The maximum atomic E-state index is 12.8. The number of carbonyl (C=O) groups excluding carboxylic acids is 3. The molecule has 1 rings (SSSR count). The molecule has 3 amide bonds. The van der Waals surface area contributed by atoms with Crippen LogP contribution in [0.1, 0.15) is 45.1 Å². The topological polar surface area (TPSA) is 177 Å². The van der Waals surface area contributed by atoms with Gasteiger partial charge >= 0.3 is 5.97 Å². The fourth-order valence-electron chi connectivity index (χ4n) is 3.18. The van der Waals surface area contributed by atoms with Crippen molar-refractivity contribution in [2.75, 3.05) is 13.1 Å². The third-order valence-corrected chi connectivity index (χ3v) is 5.44. The predicted octanol–water partition coefficient (Wildman–Crippen LogP) is -0.0981. The van der Waals surface area contributed by atoms with E-state index in [0.29, 0.717) is 25.8 Å². The molecule has 8 N–H and O–H groups in total. The van der Waals surface area contributed by atoms with Crippen molar-refractivity contribution in [1.82, 2.24) is 16.0 Å². The molecule has 0 spiro atoms. The van der Waals surface area contributed by atoms with Crippen molar-refractivity contribution in [3.8, 4) is 0 Å². The van der Waals surface area contributed by atoms with Crippen LogP contribution in [0, 0.1) is 5.92 Å². The van der Waals surface area contributed by atoms with Gasteiger partial charge in [-0.2, -0.15) is 0 Å². The first kappa shape index (κ1) is 28.1. The smallest absolute Gasteiger partial charge is 0.326 e. The summed E-state index contributed by atoms with van der Waals surface area (Å²) in [5.74, 6) is -3.06. The Morgan fingerprint density at radius 2 is 1.70 bits per heavy atom. The summed E-state index contributed by atoms with van der Waals surface area (Å²) in [5.41, 5.74) is 12.2. The van der Waals surface area contributed by atoms with Crippen LogP contribution in [0.5, 0.6) is 0 Å². The number of hydrogen-bond donors (Lipinski definition) is 6. The highest BCUT2D eigenvalue weighted by molar-refractivity contribution is 5.92. The van der Waals surface area contributed by atoms with E-state index in [9.17, 15) is 24.3 Å². The largest absolute Gasteiger partial charge is 0.480 e. The Morgan fingerprint density at radius 1 is 1.03 bits per heavy atom. The highest BCUT2D eigenvalue weighted by Gasteiger charge is 2.27. The second kappa shape index (κ2) is 15.0. The lowest BCUT2D eigenvalue weighted by atomic mass is 9.99. The van der Waals surface area contributed by atoms with Crippen molar-refractivity contribution in [2.24, 2.45) is 17.4 Å². The first-order valence-electron chi connectivity index (χ1n) is 11.3. The molecule has 0 aliphatic carbocycles. The molecular weight excluding hydrogens is 426 g/mol. The SMILES string of the molecule is CCC(C)C(NC(=O)CNC(=O)C(Cc1ccccc1)NC(=O)C(N)CCCCN)C(=O)O. The number of unbranched alkanes of at least 4 members (excludes halogenated alkanes) is 1. The van der Waals surface area contributed by atoms with Gasteiger partial charge < -0.3 is 32.5 Å². The van der Waals surface area contributed by atoms with Crippen LogP contribution in [0.25, 0.3) is 0 Å². The zero-order chi connectivity index (χ0) is 24.8. The summed E-state index contributed by atoms with van der Waals surface area (Å²) in [6, 6.07) is 6.35. The molecule has 0 fully saturated rings. The van der Waals surface area contributed by atoms with Crippen LogP contribution >= 0.6 is 0 Å². The molecule has 10 nitrogen and oxygen atoms in total. The lowest BCUT2D eigenvalue weighted by Crippen LogP contribution is -2.54. The number of carboxylic acids is 1. The van der Waals surface area contributed by atoms with Gasteiger partial charge in [-0.3, -0.25) is 14.4 Å². The van der Waals surface area contributed by atoms with E-state index in [1.54, 1.807) is 6.92 Å². The summed E-state index contributed by atoms with van der Waals surface area (Å²) >= 11 is 0. The van der Waals surface area contributed by atoms with Crippen LogP contribution in [0.4, 0.5) is 0 Å². The van der Waals surface area contributed by atoms with Crippen molar-refractivity contribution in [2.45, 2.75) is 64.1 Å².